The second kappa shape index (κ2) is 7.92. The minimum absolute atomic E-state index is 0.00981. The van der Waals surface area contributed by atoms with E-state index in [9.17, 15) is 17.9 Å². The summed E-state index contributed by atoms with van der Waals surface area (Å²) in [5.74, 6) is -0.271. The minimum Gasteiger partial charge on any atom is -0.385 e. The van der Waals surface area contributed by atoms with Crippen molar-refractivity contribution in [3.8, 4) is 5.69 Å². The number of aromatic nitrogens is 2. The molecular weight excluding hydrogens is 439 g/mol. The zero-order valence-corrected chi connectivity index (χ0v) is 19.6. The van der Waals surface area contributed by atoms with E-state index in [0.29, 0.717) is 30.6 Å². The molecule has 0 radical (unpaired) electrons. The Hall–Kier alpha value is -2.77. The maximum absolute atomic E-state index is 13.4. The number of allylic oxidation sites excluding steroid dienone is 1. The molecular formula is C26H27FN2O3S. The Morgan fingerprint density at radius 2 is 1.91 bits per heavy atom. The summed E-state index contributed by atoms with van der Waals surface area (Å²) in [6.07, 6.45) is 6.18. The first-order valence-corrected chi connectivity index (χ1v) is 13.1. The Kier molecular flexibility index (Phi) is 5.29. The van der Waals surface area contributed by atoms with E-state index in [1.54, 1.807) is 24.3 Å². The summed E-state index contributed by atoms with van der Waals surface area (Å²) in [5.41, 5.74) is 5.06. The molecule has 0 bridgehead atoms. The molecule has 2 aliphatic rings. The normalized spacial score (nSPS) is 22.4. The van der Waals surface area contributed by atoms with Crippen LogP contribution in [0.4, 0.5) is 4.39 Å². The van der Waals surface area contributed by atoms with Crippen LogP contribution in [0.15, 0.2) is 70.8 Å². The number of fused-ring (bicyclic) bond motifs is 1. The molecule has 1 aromatic heterocycles. The van der Waals surface area contributed by atoms with Crippen LogP contribution in [0.25, 0.3) is 5.69 Å². The van der Waals surface area contributed by atoms with E-state index in [1.165, 1.54) is 24.0 Å². The maximum atomic E-state index is 13.4. The molecule has 0 spiro atoms. The number of hydrogen-bond donors (Lipinski definition) is 1. The first kappa shape index (κ1) is 22.0. The van der Waals surface area contributed by atoms with Crippen molar-refractivity contribution in [3.05, 3.63) is 88.5 Å². The summed E-state index contributed by atoms with van der Waals surface area (Å²) in [6.45, 7) is 2.10. The molecule has 172 valence electrons. The molecule has 5 nitrogen and oxygen atoms in total. The maximum Gasteiger partial charge on any atom is 0.175 e. The Balaban J connectivity index is 1.43. The molecule has 2 aliphatic carbocycles. The highest BCUT2D eigenvalue weighted by Gasteiger charge is 2.44. The first-order valence-electron chi connectivity index (χ1n) is 11.2. The number of hydrogen-bond acceptors (Lipinski definition) is 4. The lowest BCUT2D eigenvalue weighted by atomic mass is 9.76. The van der Waals surface area contributed by atoms with Crippen LogP contribution in [0, 0.1) is 5.82 Å². The molecule has 33 heavy (non-hydrogen) atoms. The van der Waals surface area contributed by atoms with E-state index in [4.69, 9.17) is 0 Å². The topological polar surface area (TPSA) is 72.2 Å². The highest BCUT2D eigenvalue weighted by atomic mass is 32.2. The van der Waals surface area contributed by atoms with E-state index in [2.05, 4.69) is 12.0 Å². The van der Waals surface area contributed by atoms with E-state index in [-0.39, 0.29) is 11.7 Å². The fourth-order valence-electron chi connectivity index (χ4n) is 5.61. The van der Waals surface area contributed by atoms with Gasteiger partial charge in [-0.25, -0.2) is 17.5 Å². The average molecular weight is 467 g/mol. The zero-order valence-electron chi connectivity index (χ0n) is 18.8. The van der Waals surface area contributed by atoms with Crippen LogP contribution in [0.5, 0.6) is 0 Å². The van der Waals surface area contributed by atoms with E-state index >= 15 is 0 Å². The Morgan fingerprint density at radius 3 is 2.64 bits per heavy atom. The van der Waals surface area contributed by atoms with Crippen molar-refractivity contribution in [3.63, 3.8) is 0 Å². The van der Waals surface area contributed by atoms with Gasteiger partial charge in [-0.3, -0.25) is 0 Å². The van der Waals surface area contributed by atoms with Crippen molar-refractivity contribution >= 4 is 9.84 Å². The predicted octanol–water partition coefficient (Wildman–Crippen LogP) is 4.53. The van der Waals surface area contributed by atoms with Gasteiger partial charge in [0, 0.05) is 24.2 Å². The van der Waals surface area contributed by atoms with E-state index in [0.717, 1.165) is 34.5 Å². The third kappa shape index (κ3) is 3.83. The highest BCUT2D eigenvalue weighted by Crippen LogP contribution is 2.50. The fraction of sp³-hybridized carbons (Fsp3) is 0.346. The molecule has 0 saturated carbocycles. The Morgan fingerprint density at radius 1 is 1.18 bits per heavy atom. The quantitative estimate of drug-likeness (QED) is 0.561. The smallest absolute Gasteiger partial charge is 0.175 e. The van der Waals surface area contributed by atoms with Crippen LogP contribution in [-0.4, -0.2) is 35.2 Å². The monoisotopic (exact) mass is 466 g/mol. The van der Waals surface area contributed by atoms with Crippen molar-refractivity contribution in [2.45, 2.75) is 55.4 Å². The largest absolute Gasteiger partial charge is 0.385 e. The number of aryl methyl sites for hydroxylation is 1. The first-order chi connectivity index (χ1) is 15.7. The Labute approximate surface area is 193 Å². The van der Waals surface area contributed by atoms with Gasteiger partial charge in [0.1, 0.15) is 5.82 Å². The molecule has 7 heteroatoms. The van der Waals surface area contributed by atoms with Crippen LogP contribution in [0.3, 0.4) is 0 Å². The predicted molar refractivity (Wildman–Crippen MR) is 125 cm³/mol. The van der Waals surface area contributed by atoms with Crippen LogP contribution in [-0.2, 0) is 22.7 Å². The summed E-state index contributed by atoms with van der Waals surface area (Å²) in [5, 5.41) is 16.3. The number of halogens is 1. The van der Waals surface area contributed by atoms with Crippen LogP contribution in [0.2, 0.25) is 0 Å². The molecule has 0 amide bonds. The second-order valence-corrected chi connectivity index (χ2v) is 11.2. The third-order valence-corrected chi connectivity index (χ3v) is 8.35. The van der Waals surface area contributed by atoms with Crippen molar-refractivity contribution in [1.82, 2.24) is 9.78 Å². The van der Waals surface area contributed by atoms with E-state index < -0.39 is 15.4 Å². The van der Waals surface area contributed by atoms with Crippen molar-refractivity contribution in [2.75, 3.05) is 6.26 Å². The zero-order chi connectivity index (χ0) is 23.4. The SMILES string of the molecule is CC1C2=C(CC[C@@]2(O)CCc2ccccc2S(C)(=O)=O)Cc2c1cnn2-c1ccc(F)cc1. The molecule has 2 atom stereocenters. The molecule has 0 saturated heterocycles. The second-order valence-electron chi connectivity index (χ2n) is 9.26. The van der Waals surface area contributed by atoms with Crippen LogP contribution < -0.4 is 0 Å². The van der Waals surface area contributed by atoms with Gasteiger partial charge < -0.3 is 5.11 Å². The molecule has 0 aliphatic heterocycles. The van der Waals surface area contributed by atoms with Gasteiger partial charge in [-0.2, -0.15) is 5.10 Å². The van der Waals surface area contributed by atoms with Crippen molar-refractivity contribution in [1.29, 1.82) is 0 Å². The van der Waals surface area contributed by atoms with Gasteiger partial charge in [-0.05, 0) is 67.2 Å². The molecule has 5 rings (SSSR count). The lowest BCUT2D eigenvalue weighted by Crippen LogP contribution is -2.32. The summed E-state index contributed by atoms with van der Waals surface area (Å²) in [6, 6.07) is 13.3. The molecule has 3 aromatic rings. The number of rotatable bonds is 5. The lowest BCUT2D eigenvalue weighted by Gasteiger charge is -2.33. The van der Waals surface area contributed by atoms with Gasteiger partial charge in [-0.15, -0.1) is 0 Å². The molecule has 1 N–H and O–H groups in total. The lowest BCUT2D eigenvalue weighted by molar-refractivity contribution is 0.0650. The number of nitrogens with zero attached hydrogens (tertiary/aromatic N) is 2. The van der Waals surface area contributed by atoms with Gasteiger partial charge in [0.25, 0.3) is 0 Å². The summed E-state index contributed by atoms with van der Waals surface area (Å²) in [4.78, 5) is 0.334. The molecule has 1 heterocycles. The third-order valence-electron chi connectivity index (χ3n) is 7.16. The van der Waals surface area contributed by atoms with Gasteiger partial charge in [0.15, 0.2) is 9.84 Å². The van der Waals surface area contributed by atoms with E-state index in [1.807, 2.05) is 23.0 Å². The molecule has 2 aromatic carbocycles. The molecule has 0 fully saturated rings. The number of aliphatic hydroxyl groups is 1. The van der Waals surface area contributed by atoms with Gasteiger partial charge in [0.05, 0.1) is 28.1 Å². The van der Waals surface area contributed by atoms with Gasteiger partial charge in [-0.1, -0.05) is 30.7 Å². The van der Waals surface area contributed by atoms with Crippen LogP contribution in [0.1, 0.15) is 48.9 Å². The molecule has 1 unspecified atom stereocenters. The van der Waals surface area contributed by atoms with Gasteiger partial charge in [0.2, 0.25) is 0 Å². The number of sulfone groups is 1. The summed E-state index contributed by atoms with van der Waals surface area (Å²) in [7, 11) is -3.33. The fourth-order valence-corrected chi connectivity index (χ4v) is 6.58. The highest BCUT2D eigenvalue weighted by molar-refractivity contribution is 7.90. The van der Waals surface area contributed by atoms with Crippen molar-refractivity contribution < 1.29 is 17.9 Å². The van der Waals surface area contributed by atoms with Crippen molar-refractivity contribution in [2.24, 2.45) is 0 Å². The standard InChI is InChI=1S/C26H27FN2O3S/c1-17-22-16-28-29(21-9-7-20(27)8-10-21)23(22)15-19-12-14-26(30,25(17)19)13-11-18-5-3-4-6-24(18)33(2,31)32/h3-10,16-17,30H,11-15H2,1-2H3/t17?,26-/m0/s1. The van der Waals surface area contributed by atoms with Gasteiger partial charge >= 0.3 is 0 Å². The van der Waals surface area contributed by atoms with Crippen LogP contribution >= 0.6 is 0 Å². The summed E-state index contributed by atoms with van der Waals surface area (Å²) < 4.78 is 39.6. The Bertz CT molecular complexity index is 1360. The minimum atomic E-state index is -3.33. The average Bonchev–Trinajstić information content (AvgIpc) is 3.35. The summed E-state index contributed by atoms with van der Waals surface area (Å²) >= 11 is 0. The number of benzene rings is 2.